The molecular formula is C5H8N2S. The number of rotatable bonds is 1. The minimum atomic E-state index is 0.0961. The van der Waals surface area contributed by atoms with Crippen molar-refractivity contribution in [2.45, 2.75) is 12.6 Å². The molecule has 0 bridgehead atoms. The fourth-order valence-electron chi connectivity index (χ4n) is 0.620. The predicted molar refractivity (Wildman–Crippen MR) is 38.6 cm³/mol. The number of nitrogens with one attached hydrogen (secondary N) is 1. The van der Waals surface area contributed by atoms with E-state index in [0.717, 1.165) is 13.0 Å². The molecule has 1 atom stereocenters. The van der Waals surface area contributed by atoms with Gasteiger partial charge in [-0.3, -0.25) is 10.3 Å². The van der Waals surface area contributed by atoms with Crippen LogP contribution in [-0.2, 0) is 0 Å². The lowest BCUT2D eigenvalue weighted by Gasteiger charge is -2.11. The van der Waals surface area contributed by atoms with Crippen molar-refractivity contribution >= 4 is 23.8 Å². The van der Waals surface area contributed by atoms with E-state index in [1.807, 2.05) is 6.21 Å². The number of aliphatic imine (C=N–C) groups is 1. The van der Waals surface area contributed by atoms with Gasteiger partial charge < -0.3 is 0 Å². The lowest BCUT2D eigenvalue weighted by Crippen LogP contribution is -2.32. The summed E-state index contributed by atoms with van der Waals surface area (Å²) < 4.78 is 0. The summed E-state index contributed by atoms with van der Waals surface area (Å²) in [5, 5.41) is 4.75. The second-order valence-electron chi connectivity index (χ2n) is 1.66. The summed E-state index contributed by atoms with van der Waals surface area (Å²) in [6, 6.07) is 0. The molecule has 1 unspecified atom stereocenters. The Bertz CT molecular complexity index is 111. The molecule has 0 saturated heterocycles. The van der Waals surface area contributed by atoms with Gasteiger partial charge in [0.15, 0.2) is 0 Å². The molecular weight excluding hydrogens is 120 g/mol. The Morgan fingerprint density at radius 3 is 3.12 bits per heavy atom. The van der Waals surface area contributed by atoms with Crippen molar-refractivity contribution in [1.82, 2.24) is 5.32 Å². The largest absolute Gasteiger partial charge is 0.291 e. The molecule has 1 heterocycles. The van der Waals surface area contributed by atoms with Crippen molar-refractivity contribution in [2.24, 2.45) is 4.99 Å². The zero-order chi connectivity index (χ0) is 5.82. The second kappa shape index (κ2) is 2.89. The van der Waals surface area contributed by atoms with Gasteiger partial charge in [-0.05, 0) is 6.42 Å². The van der Waals surface area contributed by atoms with Crippen LogP contribution in [-0.4, -0.2) is 24.3 Å². The normalized spacial score (nSPS) is 27.8. The second-order valence-corrected chi connectivity index (χ2v) is 1.93. The highest BCUT2D eigenvalue weighted by Crippen LogP contribution is 1.88. The molecule has 0 aromatic heterocycles. The van der Waals surface area contributed by atoms with Crippen molar-refractivity contribution < 1.29 is 0 Å². The molecule has 0 fully saturated rings. The molecule has 0 aliphatic carbocycles. The molecule has 0 radical (unpaired) electrons. The number of hydrogen-bond acceptors (Lipinski definition) is 3. The van der Waals surface area contributed by atoms with Crippen LogP contribution in [0.1, 0.15) is 6.42 Å². The van der Waals surface area contributed by atoms with Crippen LogP contribution < -0.4 is 5.32 Å². The molecule has 8 heavy (non-hydrogen) atoms. The van der Waals surface area contributed by atoms with Gasteiger partial charge in [0.1, 0.15) is 6.17 Å². The fourth-order valence-corrected chi connectivity index (χ4v) is 0.786. The topological polar surface area (TPSA) is 24.4 Å². The third-order valence-corrected chi connectivity index (χ3v) is 1.28. The van der Waals surface area contributed by atoms with E-state index in [-0.39, 0.29) is 6.17 Å². The molecule has 44 valence electrons. The number of hydrogen-bond donors (Lipinski definition) is 1. The van der Waals surface area contributed by atoms with Crippen LogP contribution in [0.25, 0.3) is 0 Å². The first-order valence-corrected chi connectivity index (χ1v) is 3.11. The summed E-state index contributed by atoms with van der Waals surface area (Å²) in [7, 11) is 0. The van der Waals surface area contributed by atoms with Gasteiger partial charge in [0.05, 0.1) is 0 Å². The average Bonchev–Trinajstić information content (AvgIpc) is 1.90. The van der Waals surface area contributed by atoms with E-state index in [2.05, 4.69) is 22.5 Å². The van der Waals surface area contributed by atoms with Crippen LogP contribution in [0.5, 0.6) is 0 Å². The number of thiocarbonyl (C=S) groups is 1. The van der Waals surface area contributed by atoms with E-state index in [4.69, 9.17) is 0 Å². The van der Waals surface area contributed by atoms with Gasteiger partial charge >= 0.3 is 0 Å². The van der Waals surface area contributed by atoms with Crippen LogP contribution in [0.15, 0.2) is 4.99 Å². The highest BCUT2D eigenvalue weighted by atomic mass is 32.1. The molecule has 0 aromatic carbocycles. The highest BCUT2D eigenvalue weighted by molar-refractivity contribution is 7.79. The van der Waals surface area contributed by atoms with Gasteiger partial charge in [-0.2, -0.15) is 0 Å². The molecule has 1 aliphatic heterocycles. The van der Waals surface area contributed by atoms with Gasteiger partial charge in [0.2, 0.25) is 0 Å². The smallest absolute Gasteiger partial charge is 0.128 e. The Morgan fingerprint density at radius 2 is 2.75 bits per heavy atom. The molecule has 0 amide bonds. The first kappa shape index (κ1) is 5.85. The maximum absolute atomic E-state index is 4.67. The van der Waals surface area contributed by atoms with E-state index < -0.39 is 0 Å². The Labute approximate surface area is 54.0 Å². The number of nitrogens with zero attached hydrogens (tertiary/aromatic N) is 1. The quantitative estimate of drug-likeness (QED) is 0.516. The molecule has 0 spiro atoms. The van der Waals surface area contributed by atoms with Crippen molar-refractivity contribution in [3.05, 3.63) is 0 Å². The van der Waals surface area contributed by atoms with Gasteiger partial charge in [-0.25, -0.2) is 0 Å². The van der Waals surface area contributed by atoms with Gasteiger partial charge in [0, 0.05) is 18.1 Å². The molecule has 1 rings (SSSR count). The maximum atomic E-state index is 4.67. The van der Waals surface area contributed by atoms with Gasteiger partial charge in [-0.15, -0.1) is 0 Å². The zero-order valence-corrected chi connectivity index (χ0v) is 5.32. The maximum Gasteiger partial charge on any atom is 0.128 e. The predicted octanol–water partition coefficient (Wildman–Crippen LogP) is 0.376. The first-order chi connectivity index (χ1) is 3.93. The van der Waals surface area contributed by atoms with Crippen LogP contribution in [0, 0.1) is 0 Å². The van der Waals surface area contributed by atoms with E-state index in [1.165, 1.54) is 0 Å². The monoisotopic (exact) mass is 128 g/mol. The Morgan fingerprint density at radius 1 is 1.88 bits per heavy atom. The minimum absolute atomic E-state index is 0.0961. The summed E-state index contributed by atoms with van der Waals surface area (Å²) in [6.45, 7) is 1.00. The van der Waals surface area contributed by atoms with Gasteiger partial charge in [-0.1, -0.05) is 12.2 Å². The Balaban J connectivity index is 2.42. The molecule has 1 aliphatic rings. The Kier molecular flexibility index (Phi) is 2.11. The van der Waals surface area contributed by atoms with E-state index in [1.54, 1.807) is 5.37 Å². The summed E-state index contributed by atoms with van der Waals surface area (Å²) in [5.41, 5.74) is 0. The van der Waals surface area contributed by atoms with Crippen LogP contribution >= 0.6 is 12.2 Å². The highest BCUT2D eigenvalue weighted by Gasteiger charge is 2.01. The van der Waals surface area contributed by atoms with Crippen LogP contribution in [0.3, 0.4) is 0 Å². The van der Waals surface area contributed by atoms with E-state index in [9.17, 15) is 0 Å². The van der Waals surface area contributed by atoms with Gasteiger partial charge in [0.25, 0.3) is 0 Å². The van der Waals surface area contributed by atoms with E-state index >= 15 is 0 Å². The summed E-state index contributed by atoms with van der Waals surface area (Å²) in [5.74, 6) is 0. The lowest BCUT2D eigenvalue weighted by molar-refractivity contribution is 0.641. The molecule has 0 aromatic rings. The summed E-state index contributed by atoms with van der Waals surface area (Å²) in [4.78, 5) is 4.05. The van der Waals surface area contributed by atoms with E-state index in [0.29, 0.717) is 0 Å². The fraction of sp³-hybridized carbons (Fsp3) is 0.600. The average molecular weight is 128 g/mol. The van der Waals surface area contributed by atoms with Crippen LogP contribution in [0.4, 0.5) is 0 Å². The lowest BCUT2D eigenvalue weighted by atomic mass is 10.4. The first-order valence-electron chi connectivity index (χ1n) is 2.64. The van der Waals surface area contributed by atoms with Crippen molar-refractivity contribution in [2.75, 3.05) is 6.54 Å². The zero-order valence-electron chi connectivity index (χ0n) is 4.50. The summed E-state index contributed by atoms with van der Waals surface area (Å²) >= 11 is 4.67. The Hall–Kier alpha value is -0.280. The minimum Gasteiger partial charge on any atom is -0.291 e. The third kappa shape index (κ3) is 1.35. The van der Waals surface area contributed by atoms with Crippen LogP contribution in [0.2, 0.25) is 0 Å². The van der Waals surface area contributed by atoms with Crippen molar-refractivity contribution in [1.29, 1.82) is 0 Å². The molecule has 1 N–H and O–H groups in total. The molecule has 0 saturated carbocycles. The van der Waals surface area contributed by atoms with Crippen molar-refractivity contribution in [3.8, 4) is 0 Å². The summed E-state index contributed by atoms with van der Waals surface area (Å²) in [6.07, 6.45) is 3.03. The molecule has 2 nitrogen and oxygen atoms in total. The SMILES string of the molecule is S=CC1N=CCCN1. The third-order valence-electron chi connectivity index (χ3n) is 1.02. The standard InChI is InChI=1S/C5H8N2S/c8-4-5-6-2-1-3-7-5/h2,4-5,7H,1,3H2. The molecule has 3 heteroatoms. The van der Waals surface area contributed by atoms with Crippen molar-refractivity contribution in [3.63, 3.8) is 0 Å².